The number of aryl methyl sites for hydroxylation is 1. The third-order valence-electron chi connectivity index (χ3n) is 4.58. The van der Waals surface area contributed by atoms with Crippen molar-refractivity contribution in [2.75, 3.05) is 6.54 Å². The normalized spacial score (nSPS) is 19.2. The highest BCUT2D eigenvalue weighted by Gasteiger charge is 2.37. The van der Waals surface area contributed by atoms with Gasteiger partial charge in [0.25, 0.3) is 0 Å². The van der Waals surface area contributed by atoms with E-state index in [0.717, 1.165) is 5.56 Å². The molecule has 1 N–H and O–H groups in total. The highest BCUT2D eigenvalue weighted by molar-refractivity contribution is 7.92. The number of benzene rings is 1. The average molecular weight is 378 g/mol. The van der Waals surface area contributed by atoms with Crippen molar-refractivity contribution < 1.29 is 18.0 Å². The maximum atomic E-state index is 13.1. The van der Waals surface area contributed by atoms with E-state index in [0.29, 0.717) is 25.3 Å². The molecule has 1 aliphatic carbocycles. The minimum absolute atomic E-state index is 0.0803. The topological polar surface area (TPSA) is 80.3 Å². The Balaban J connectivity index is 2.27. The number of sulfone groups is 1. The average Bonchev–Trinajstić information content (AvgIpc) is 2.99. The largest absolute Gasteiger partial charge is 0.352 e. The molecule has 1 amide bonds. The first-order valence-electron chi connectivity index (χ1n) is 8.98. The molecular formula is C20H27NO4S. The highest BCUT2D eigenvalue weighted by Crippen LogP contribution is 2.33. The van der Waals surface area contributed by atoms with Gasteiger partial charge in [-0.25, -0.2) is 8.42 Å². The number of carbonyl (C=O) groups excluding carboxylic acids is 2. The van der Waals surface area contributed by atoms with Crippen molar-refractivity contribution in [2.45, 2.75) is 50.2 Å². The smallest absolute Gasteiger partial charge is 0.243 e. The fourth-order valence-corrected chi connectivity index (χ4v) is 4.92. The summed E-state index contributed by atoms with van der Waals surface area (Å²) in [5.74, 6) is -0.210. The third-order valence-corrected chi connectivity index (χ3v) is 6.77. The quantitative estimate of drug-likeness (QED) is 0.741. The standard InChI is InChI=1S/C20H27NO4S/c1-14(2)13-21-20(23)11-10-19(16-6-7-17(22)12-16)26(24,25)18-8-4-15(3)5-9-18/h4-5,8-11,14,16,19H,6-7,12-13H2,1-3H3,(H,21,23)/b11-10+. The highest BCUT2D eigenvalue weighted by atomic mass is 32.2. The summed E-state index contributed by atoms with van der Waals surface area (Å²) in [5, 5.41) is 1.87. The summed E-state index contributed by atoms with van der Waals surface area (Å²) in [5.41, 5.74) is 0.972. The summed E-state index contributed by atoms with van der Waals surface area (Å²) in [7, 11) is -3.67. The van der Waals surface area contributed by atoms with Gasteiger partial charge in [-0.1, -0.05) is 37.6 Å². The summed E-state index contributed by atoms with van der Waals surface area (Å²) in [6.45, 7) is 6.39. The van der Waals surface area contributed by atoms with Crippen LogP contribution in [0.15, 0.2) is 41.3 Å². The molecule has 142 valence electrons. The number of ketones is 1. The van der Waals surface area contributed by atoms with E-state index in [9.17, 15) is 18.0 Å². The predicted octanol–water partition coefficient (Wildman–Crippen LogP) is 2.83. The Kier molecular flexibility index (Phi) is 6.75. The van der Waals surface area contributed by atoms with Crippen molar-refractivity contribution in [1.29, 1.82) is 0 Å². The van der Waals surface area contributed by atoms with Crippen molar-refractivity contribution in [3.05, 3.63) is 42.0 Å². The lowest BCUT2D eigenvalue weighted by Crippen LogP contribution is -2.29. The second-order valence-corrected chi connectivity index (χ2v) is 9.47. The maximum Gasteiger partial charge on any atom is 0.243 e. The Bertz CT molecular complexity index is 779. The van der Waals surface area contributed by atoms with Crippen molar-refractivity contribution in [3.8, 4) is 0 Å². The maximum absolute atomic E-state index is 13.1. The van der Waals surface area contributed by atoms with E-state index in [1.165, 1.54) is 12.2 Å². The Morgan fingerprint density at radius 2 is 1.92 bits per heavy atom. The zero-order valence-corrected chi connectivity index (χ0v) is 16.4. The van der Waals surface area contributed by atoms with Crippen molar-refractivity contribution in [1.82, 2.24) is 5.32 Å². The van der Waals surface area contributed by atoms with Crippen LogP contribution in [0, 0.1) is 18.8 Å². The molecule has 5 nitrogen and oxygen atoms in total. The van der Waals surface area contributed by atoms with E-state index in [4.69, 9.17) is 0 Å². The molecule has 0 bridgehead atoms. The van der Waals surface area contributed by atoms with E-state index < -0.39 is 15.1 Å². The molecule has 26 heavy (non-hydrogen) atoms. The molecule has 0 heterocycles. The SMILES string of the molecule is Cc1ccc(S(=O)(=O)C(/C=C/C(=O)NCC(C)C)C2CCC(=O)C2)cc1. The number of hydrogen-bond acceptors (Lipinski definition) is 4. The first-order chi connectivity index (χ1) is 12.2. The molecule has 1 aromatic carbocycles. The van der Waals surface area contributed by atoms with Gasteiger partial charge in [0.2, 0.25) is 5.91 Å². The van der Waals surface area contributed by atoms with Crippen molar-refractivity contribution in [2.24, 2.45) is 11.8 Å². The van der Waals surface area contributed by atoms with E-state index in [-0.39, 0.29) is 28.9 Å². The van der Waals surface area contributed by atoms with Crippen molar-refractivity contribution >= 4 is 21.5 Å². The lowest BCUT2D eigenvalue weighted by molar-refractivity contribution is -0.118. The second kappa shape index (κ2) is 8.62. The van der Waals surface area contributed by atoms with Gasteiger partial charge < -0.3 is 5.32 Å². The first-order valence-corrected chi connectivity index (χ1v) is 10.5. The molecule has 2 rings (SSSR count). The van der Waals surface area contributed by atoms with Crippen LogP contribution < -0.4 is 5.32 Å². The minimum Gasteiger partial charge on any atom is -0.352 e. The number of Topliss-reactive ketones (excluding diaryl/α,β-unsaturated/α-hetero) is 1. The molecule has 1 fully saturated rings. The number of carbonyl (C=O) groups is 2. The zero-order chi connectivity index (χ0) is 19.3. The van der Waals surface area contributed by atoms with Gasteiger partial charge in [0, 0.05) is 25.5 Å². The van der Waals surface area contributed by atoms with Crippen LogP contribution in [0.3, 0.4) is 0 Å². The monoisotopic (exact) mass is 377 g/mol. The summed E-state index contributed by atoms with van der Waals surface area (Å²) >= 11 is 0. The van der Waals surface area contributed by atoms with Crippen LogP contribution in [0.5, 0.6) is 0 Å². The van der Waals surface area contributed by atoms with Crippen LogP contribution in [0.2, 0.25) is 0 Å². The van der Waals surface area contributed by atoms with E-state index in [1.807, 2.05) is 20.8 Å². The van der Waals surface area contributed by atoms with Gasteiger partial charge in [-0.2, -0.15) is 0 Å². The molecule has 1 saturated carbocycles. The van der Waals surface area contributed by atoms with Gasteiger partial charge >= 0.3 is 0 Å². The van der Waals surface area contributed by atoms with Crippen LogP contribution >= 0.6 is 0 Å². The summed E-state index contributed by atoms with van der Waals surface area (Å²) in [6.07, 6.45) is 3.92. The van der Waals surface area contributed by atoms with Gasteiger partial charge in [0.15, 0.2) is 9.84 Å². The van der Waals surface area contributed by atoms with E-state index in [1.54, 1.807) is 24.3 Å². The number of amides is 1. The van der Waals surface area contributed by atoms with Crippen molar-refractivity contribution in [3.63, 3.8) is 0 Å². The number of nitrogens with one attached hydrogen (secondary N) is 1. The lowest BCUT2D eigenvalue weighted by atomic mass is 10.0. The van der Waals surface area contributed by atoms with E-state index >= 15 is 0 Å². The van der Waals surface area contributed by atoms with Gasteiger partial charge in [-0.05, 0) is 37.3 Å². The van der Waals surface area contributed by atoms with Crippen LogP contribution in [-0.2, 0) is 19.4 Å². The van der Waals surface area contributed by atoms with Crippen LogP contribution in [0.1, 0.15) is 38.7 Å². The lowest BCUT2D eigenvalue weighted by Gasteiger charge is -2.20. The fraction of sp³-hybridized carbons (Fsp3) is 0.500. The van der Waals surface area contributed by atoms with Crippen LogP contribution in [-0.4, -0.2) is 31.9 Å². The van der Waals surface area contributed by atoms with E-state index in [2.05, 4.69) is 5.32 Å². The first kappa shape index (κ1) is 20.4. The van der Waals surface area contributed by atoms with Gasteiger partial charge in [0.05, 0.1) is 10.1 Å². The molecule has 1 aromatic rings. The number of hydrogen-bond donors (Lipinski definition) is 1. The predicted molar refractivity (Wildman–Crippen MR) is 101 cm³/mol. The Morgan fingerprint density at radius 1 is 1.27 bits per heavy atom. The molecule has 0 aliphatic heterocycles. The molecule has 0 aromatic heterocycles. The molecule has 0 radical (unpaired) electrons. The summed E-state index contributed by atoms with van der Waals surface area (Å²) in [4.78, 5) is 23.9. The fourth-order valence-electron chi connectivity index (χ4n) is 3.07. The molecular weight excluding hydrogens is 350 g/mol. The molecule has 0 spiro atoms. The van der Waals surface area contributed by atoms with Gasteiger partial charge in [-0.15, -0.1) is 0 Å². The molecule has 6 heteroatoms. The minimum atomic E-state index is -3.67. The molecule has 2 unspecified atom stereocenters. The second-order valence-electron chi connectivity index (χ2n) is 7.36. The number of rotatable bonds is 7. The van der Waals surface area contributed by atoms with Gasteiger partial charge in [-0.3, -0.25) is 9.59 Å². The van der Waals surface area contributed by atoms with Crippen LogP contribution in [0.25, 0.3) is 0 Å². The Labute approximate surface area is 155 Å². The Hall–Kier alpha value is -1.95. The third kappa shape index (κ3) is 5.27. The molecule has 0 saturated heterocycles. The Morgan fingerprint density at radius 3 is 2.46 bits per heavy atom. The zero-order valence-electron chi connectivity index (χ0n) is 15.6. The summed E-state index contributed by atoms with van der Waals surface area (Å²) < 4.78 is 26.2. The van der Waals surface area contributed by atoms with Gasteiger partial charge in [0.1, 0.15) is 5.78 Å². The molecule has 2 atom stereocenters. The summed E-state index contributed by atoms with van der Waals surface area (Å²) in [6, 6.07) is 6.67. The van der Waals surface area contributed by atoms with Crippen LogP contribution in [0.4, 0.5) is 0 Å². The molecule has 1 aliphatic rings.